The van der Waals surface area contributed by atoms with E-state index in [1.54, 1.807) is 44.4 Å². The number of ether oxygens (including phenoxy) is 3. The van der Waals surface area contributed by atoms with Crippen molar-refractivity contribution in [3.8, 4) is 5.75 Å². The summed E-state index contributed by atoms with van der Waals surface area (Å²) < 4.78 is 18.4. The largest absolute Gasteiger partial charge is 0.482 e. The molecule has 0 fully saturated rings. The zero-order valence-corrected chi connectivity index (χ0v) is 19.2. The molecule has 0 unspecified atom stereocenters. The Bertz CT molecular complexity index is 1170. The molecule has 7 nitrogen and oxygen atoms in total. The third-order valence-electron chi connectivity index (χ3n) is 4.18. The highest BCUT2D eigenvalue weighted by atomic mass is 35.5. The van der Waals surface area contributed by atoms with E-state index >= 15 is 0 Å². The lowest BCUT2D eigenvalue weighted by molar-refractivity contribution is -0.120. The van der Waals surface area contributed by atoms with Gasteiger partial charge < -0.3 is 18.8 Å². The van der Waals surface area contributed by atoms with Crippen molar-refractivity contribution in [2.24, 2.45) is 4.99 Å². The molecule has 31 heavy (non-hydrogen) atoms. The van der Waals surface area contributed by atoms with Crippen LogP contribution in [-0.2, 0) is 20.8 Å². The van der Waals surface area contributed by atoms with E-state index in [9.17, 15) is 9.59 Å². The second-order valence-corrected chi connectivity index (χ2v) is 8.15. The minimum Gasteiger partial charge on any atom is -0.482 e. The van der Waals surface area contributed by atoms with Crippen molar-refractivity contribution in [1.29, 1.82) is 0 Å². The third-order valence-corrected chi connectivity index (χ3v) is 5.75. The molecule has 0 spiro atoms. The fourth-order valence-electron chi connectivity index (χ4n) is 2.77. The van der Waals surface area contributed by atoms with E-state index in [-0.39, 0.29) is 6.61 Å². The number of thiazole rings is 1. The van der Waals surface area contributed by atoms with Crippen molar-refractivity contribution in [1.82, 2.24) is 4.57 Å². The van der Waals surface area contributed by atoms with E-state index in [2.05, 4.69) is 4.99 Å². The first-order valence-electron chi connectivity index (χ1n) is 9.37. The van der Waals surface area contributed by atoms with Gasteiger partial charge in [-0.1, -0.05) is 34.5 Å². The molecule has 3 rings (SSSR count). The number of esters is 1. The second kappa shape index (κ2) is 10.8. The molecule has 3 aromatic rings. The summed E-state index contributed by atoms with van der Waals surface area (Å²) in [6.45, 7) is 2.69. The number of carbonyl (C=O) groups excluding carboxylic acids is 2. The normalized spacial score (nSPS) is 11.7. The van der Waals surface area contributed by atoms with Crippen LogP contribution in [0.3, 0.4) is 0 Å². The molecular weight excluding hydrogens is 463 g/mol. The monoisotopic (exact) mass is 482 g/mol. The lowest BCUT2D eigenvalue weighted by Gasteiger charge is -2.06. The SMILES string of the molecule is CCOC(=O)c1ccc2c(c1)sc(=NC(=O)COc1ccc(Cl)cc1Cl)n2CCOC. The molecule has 10 heteroatoms. The zero-order chi connectivity index (χ0) is 22.4. The molecule has 0 saturated carbocycles. The third kappa shape index (κ3) is 5.86. The lowest BCUT2D eigenvalue weighted by Crippen LogP contribution is -2.21. The topological polar surface area (TPSA) is 79.1 Å². The Kier molecular flexibility index (Phi) is 8.09. The number of aromatic nitrogens is 1. The van der Waals surface area contributed by atoms with E-state index in [1.807, 2.05) is 4.57 Å². The van der Waals surface area contributed by atoms with E-state index in [1.165, 1.54) is 17.4 Å². The maximum Gasteiger partial charge on any atom is 0.338 e. The fourth-order valence-corrected chi connectivity index (χ4v) is 4.35. The van der Waals surface area contributed by atoms with Crippen molar-refractivity contribution in [2.75, 3.05) is 26.9 Å². The Hall–Kier alpha value is -2.39. The zero-order valence-electron chi connectivity index (χ0n) is 16.9. The maximum absolute atomic E-state index is 12.5. The molecule has 0 saturated heterocycles. The van der Waals surface area contributed by atoms with Crippen LogP contribution in [0, 0.1) is 0 Å². The Morgan fingerprint density at radius 3 is 2.68 bits per heavy atom. The summed E-state index contributed by atoms with van der Waals surface area (Å²) in [6, 6.07) is 9.97. The van der Waals surface area contributed by atoms with E-state index in [0.29, 0.717) is 45.9 Å². The first-order valence-corrected chi connectivity index (χ1v) is 10.9. The van der Waals surface area contributed by atoms with Crippen molar-refractivity contribution in [3.05, 3.63) is 56.8 Å². The molecule has 0 atom stereocenters. The molecule has 0 aliphatic rings. The average Bonchev–Trinajstić information content (AvgIpc) is 3.07. The number of hydrogen-bond acceptors (Lipinski definition) is 6. The van der Waals surface area contributed by atoms with Crippen LogP contribution in [0.25, 0.3) is 10.2 Å². The van der Waals surface area contributed by atoms with Crippen LogP contribution < -0.4 is 9.54 Å². The summed E-state index contributed by atoms with van der Waals surface area (Å²) >= 11 is 13.2. The number of methoxy groups -OCH3 is 1. The van der Waals surface area contributed by atoms with Crippen LogP contribution in [0.15, 0.2) is 41.4 Å². The summed E-state index contributed by atoms with van der Waals surface area (Å²) in [5.41, 5.74) is 1.27. The molecule has 1 amide bonds. The molecule has 1 heterocycles. The van der Waals surface area contributed by atoms with Crippen LogP contribution in [0.2, 0.25) is 10.0 Å². The Labute approximate surface area is 192 Å². The molecular formula is C21H20Cl2N2O5S. The number of hydrogen-bond donors (Lipinski definition) is 0. The lowest BCUT2D eigenvalue weighted by atomic mass is 10.2. The van der Waals surface area contributed by atoms with Crippen LogP contribution >= 0.6 is 34.5 Å². The molecule has 0 bridgehead atoms. The number of carbonyl (C=O) groups is 2. The van der Waals surface area contributed by atoms with Gasteiger partial charge in [0.1, 0.15) is 5.75 Å². The number of rotatable bonds is 8. The Balaban J connectivity index is 1.89. The highest BCUT2D eigenvalue weighted by Crippen LogP contribution is 2.27. The molecule has 0 aliphatic heterocycles. The summed E-state index contributed by atoms with van der Waals surface area (Å²) in [5, 5.41) is 0.781. The van der Waals surface area contributed by atoms with Gasteiger partial charge in [0.15, 0.2) is 11.4 Å². The summed E-state index contributed by atoms with van der Waals surface area (Å²) in [5.74, 6) is -0.532. The van der Waals surface area contributed by atoms with Gasteiger partial charge in [-0.2, -0.15) is 4.99 Å². The number of benzene rings is 2. The van der Waals surface area contributed by atoms with Crippen LogP contribution in [-0.4, -0.2) is 43.4 Å². The molecule has 0 aliphatic carbocycles. The van der Waals surface area contributed by atoms with E-state index < -0.39 is 11.9 Å². The summed E-state index contributed by atoms with van der Waals surface area (Å²) in [7, 11) is 1.60. The Morgan fingerprint density at radius 1 is 1.16 bits per heavy atom. The number of fused-ring (bicyclic) bond motifs is 1. The minimum absolute atomic E-state index is 0.284. The quantitative estimate of drug-likeness (QED) is 0.446. The number of nitrogens with zero attached hydrogens (tertiary/aromatic N) is 2. The molecule has 164 valence electrons. The predicted octanol–water partition coefficient (Wildman–Crippen LogP) is 4.34. The van der Waals surface area contributed by atoms with Gasteiger partial charge in [0.25, 0.3) is 5.91 Å². The standard InChI is InChI=1S/C21H20Cl2N2O5S/c1-3-29-20(27)13-4-6-16-18(10-13)31-21(25(16)8-9-28-2)24-19(26)12-30-17-7-5-14(22)11-15(17)23/h4-7,10-11H,3,8-9,12H2,1-2H3. The first-order chi connectivity index (χ1) is 14.9. The smallest absolute Gasteiger partial charge is 0.338 e. The minimum atomic E-state index is -0.477. The predicted molar refractivity (Wildman–Crippen MR) is 120 cm³/mol. The summed E-state index contributed by atoms with van der Waals surface area (Å²) in [4.78, 5) is 29.2. The average molecular weight is 483 g/mol. The fraction of sp³-hybridized carbons (Fsp3) is 0.286. The number of amides is 1. The molecule has 1 aromatic heterocycles. The van der Waals surface area contributed by atoms with Gasteiger partial charge in [-0.15, -0.1) is 0 Å². The van der Waals surface area contributed by atoms with Crippen molar-refractivity contribution in [2.45, 2.75) is 13.5 Å². The van der Waals surface area contributed by atoms with Crippen molar-refractivity contribution < 1.29 is 23.8 Å². The van der Waals surface area contributed by atoms with Gasteiger partial charge in [0.2, 0.25) is 0 Å². The highest BCUT2D eigenvalue weighted by Gasteiger charge is 2.13. The van der Waals surface area contributed by atoms with Crippen LogP contribution in [0.1, 0.15) is 17.3 Å². The van der Waals surface area contributed by atoms with Crippen LogP contribution in [0.5, 0.6) is 5.75 Å². The maximum atomic E-state index is 12.5. The second-order valence-electron chi connectivity index (χ2n) is 6.30. The van der Waals surface area contributed by atoms with Gasteiger partial charge in [-0.05, 0) is 43.3 Å². The molecule has 0 radical (unpaired) electrons. The van der Waals surface area contributed by atoms with Crippen molar-refractivity contribution >= 4 is 56.6 Å². The molecule has 2 aromatic carbocycles. The number of halogens is 2. The summed E-state index contributed by atoms with van der Waals surface area (Å²) in [6.07, 6.45) is 0. The van der Waals surface area contributed by atoms with Gasteiger partial charge in [-0.25, -0.2) is 4.79 Å². The van der Waals surface area contributed by atoms with Gasteiger partial charge >= 0.3 is 5.97 Å². The molecule has 0 N–H and O–H groups in total. The van der Waals surface area contributed by atoms with Gasteiger partial charge in [0, 0.05) is 18.7 Å². The highest BCUT2D eigenvalue weighted by molar-refractivity contribution is 7.16. The van der Waals surface area contributed by atoms with Gasteiger partial charge in [-0.3, -0.25) is 4.79 Å². The Morgan fingerprint density at radius 2 is 1.97 bits per heavy atom. The van der Waals surface area contributed by atoms with E-state index in [4.69, 9.17) is 37.4 Å². The first kappa shape index (κ1) is 23.3. The van der Waals surface area contributed by atoms with Crippen LogP contribution in [0.4, 0.5) is 0 Å². The van der Waals surface area contributed by atoms with E-state index in [0.717, 1.165) is 10.2 Å². The van der Waals surface area contributed by atoms with Crippen molar-refractivity contribution in [3.63, 3.8) is 0 Å². The van der Waals surface area contributed by atoms with Gasteiger partial charge in [0.05, 0.1) is 34.0 Å².